The fourth-order valence-corrected chi connectivity index (χ4v) is 2.22. The highest BCUT2D eigenvalue weighted by Gasteiger charge is 2.11. The molecule has 0 aliphatic carbocycles. The summed E-state index contributed by atoms with van der Waals surface area (Å²) in [5, 5.41) is 26.8. The van der Waals surface area contributed by atoms with Gasteiger partial charge in [-0.2, -0.15) is 15.8 Å². The van der Waals surface area contributed by atoms with Crippen molar-refractivity contribution in [2.24, 2.45) is 5.73 Å². The summed E-state index contributed by atoms with van der Waals surface area (Å²) in [4.78, 5) is 2.22. The standard InChI is InChI=1S/C17H15N5O/c18-10-14(17(21)15(11-19)12-20)9-13-1-3-16(4-2-13)22-5-7-23-8-6-22/h1-4,9H,5-8,21H2. The highest BCUT2D eigenvalue weighted by molar-refractivity contribution is 5.67. The Kier molecular flexibility index (Phi) is 5.36. The first-order valence-electron chi connectivity index (χ1n) is 7.04. The smallest absolute Gasteiger partial charge is 0.153 e. The van der Waals surface area contributed by atoms with Gasteiger partial charge in [0, 0.05) is 18.8 Å². The molecule has 23 heavy (non-hydrogen) atoms. The van der Waals surface area contributed by atoms with Gasteiger partial charge in [0.1, 0.15) is 18.2 Å². The Balaban J connectivity index is 2.25. The summed E-state index contributed by atoms with van der Waals surface area (Å²) in [6, 6.07) is 13.0. The minimum atomic E-state index is -0.261. The van der Waals surface area contributed by atoms with Crippen molar-refractivity contribution in [3.8, 4) is 18.2 Å². The predicted molar refractivity (Wildman–Crippen MR) is 85.5 cm³/mol. The van der Waals surface area contributed by atoms with E-state index >= 15 is 0 Å². The van der Waals surface area contributed by atoms with Crippen LogP contribution < -0.4 is 10.6 Å². The molecule has 1 aromatic carbocycles. The van der Waals surface area contributed by atoms with Gasteiger partial charge in [0.2, 0.25) is 0 Å². The molecule has 1 saturated heterocycles. The van der Waals surface area contributed by atoms with Crippen LogP contribution >= 0.6 is 0 Å². The maximum Gasteiger partial charge on any atom is 0.153 e. The van der Waals surface area contributed by atoms with Gasteiger partial charge in [0.25, 0.3) is 0 Å². The Bertz CT molecular complexity index is 734. The number of hydrogen-bond donors (Lipinski definition) is 1. The van der Waals surface area contributed by atoms with E-state index in [0.717, 1.165) is 24.3 Å². The van der Waals surface area contributed by atoms with Crippen molar-refractivity contribution < 1.29 is 4.74 Å². The molecule has 0 amide bonds. The van der Waals surface area contributed by atoms with Gasteiger partial charge in [-0.3, -0.25) is 0 Å². The number of nitrogens with two attached hydrogens (primary N) is 1. The van der Waals surface area contributed by atoms with E-state index in [1.807, 2.05) is 30.3 Å². The van der Waals surface area contributed by atoms with Gasteiger partial charge in [-0.25, -0.2) is 0 Å². The van der Waals surface area contributed by atoms with Crippen LogP contribution in [0.4, 0.5) is 5.69 Å². The van der Waals surface area contributed by atoms with Gasteiger partial charge in [-0.1, -0.05) is 12.1 Å². The maximum absolute atomic E-state index is 9.18. The van der Waals surface area contributed by atoms with Crippen LogP contribution in [0.15, 0.2) is 41.1 Å². The van der Waals surface area contributed by atoms with Gasteiger partial charge in [-0.05, 0) is 23.8 Å². The molecule has 6 nitrogen and oxygen atoms in total. The fourth-order valence-electron chi connectivity index (χ4n) is 2.22. The summed E-state index contributed by atoms with van der Waals surface area (Å²) in [6.07, 6.45) is 1.56. The monoisotopic (exact) mass is 305 g/mol. The predicted octanol–water partition coefficient (Wildman–Crippen LogP) is 1.69. The van der Waals surface area contributed by atoms with Crippen LogP contribution in [0.3, 0.4) is 0 Å². The molecular weight excluding hydrogens is 290 g/mol. The first kappa shape index (κ1) is 16.1. The van der Waals surface area contributed by atoms with Crippen LogP contribution in [0, 0.1) is 34.0 Å². The quantitative estimate of drug-likeness (QED) is 0.672. The van der Waals surface area contributed by atoms with E-state index in [0.29, 0.717) is 13.2 Å². The van der Waals surface area contributed by atoms with Gasteiger partial charge < -0.3 is 15.4 Å². The Morgan fingerprint density at radius 3 is 2.17 bits per heavy atom. The van der Waals surface area contributed by atoms with Crippen molar-refractivity contribution in [1.82, 2.24) is 0 Å². The number of ether oxygens (including phenoxy) is 1. The summed E-state index contributed by atoms with van der Waals surface area (Å²) in [6.45, 7) is 3.13. The summed E-state index contributed by atoms with van der Waals surface area (Å²) in [5.41, 5.74) is 7.31. The second kappa shape index (κ2) is 7.66. The lowest BCUT2D eigenvalue weighted by Gasteiger charge is -2.28. The van der Waals surface area contributed by atoms with E-state index in [4.69, 9.17) is 21.0 Å². The van der Waals surface area contributed by atoms with E-state index in [9.17, 15) is 5.26 Å². The Morgan fingerprint density at radius 1 is 1.04 bits per heavy atom. The molecule has 0 bridgehead atoms. The lowest BCUT2D eigenvalue weighted by molar-refractivity contribution is 0.122. The second-order valence-corrected chi connectivity index (χ2v) is 4.87. The summed E-state index contributed by atoms with van der Waals surface area (Å²) in [7, 11) is 0. The minimum Gasteiger partial charge on any atom is -0.396 e. The molecule has 0 atom stereocenters. The number of allylic oxidation sites excluding steroid dienone is 2. The van der Waals surface area contributed by atoms with Gasteiger partial charge in [-0.15, -0.1) is 0 Å². The van der Waals surface area contributed by atoms with E-state index in [1.54, 1.807) is 18.2 Å². The number of hydrogen-bond acceptors (Lipinski definition) is 6. The van der Waals surface area contributed by atoms with E-state index < -0.39 is 0 Å². The van der Waals surface area contributed by atoms with Crippen LogP contribution in [-0.4, -0.2) is 26.3 Å². The maximum atomic E-state index is 9.18. The third kappa shape index (κ3) is 3.89. The van der Waals surface area contributed by atoms with Gasteiger partial charge in [0.05, 0.1) is 24.5 Å². The molecule has 6 heteroatoms. The SMILES string of the molecule is N#CC(=Cc1ccc(N2CCOCC2)cc1)C(N)=C(C#N)C#N. The molecule has 0 unspecified atom stereocenters. The van der Waals surface area contributed by atoms with Crippen LogP contribution in [0.25, 0.3) is 6.08 Å². The van der Waals surface area contributed by atoms with E-state index in [2.05, 4.69) is 4.90 Å². The molecule has 2 rings (SSSR count). The number of benzene rings is 1. The lowest BCUT2D eigenvalue weighted by Crippen LogP contribution is -2.36. The highest BCUT2D eigenvalue weighted by Crippen LogP contribution is 2.19. The first-order valence-corrected chi connectivity index (χ1v) is 7.04. The van der Waals surface area contributed by atoms with E-state index in [-0.39, 0.29) is 16.8 Å². The topological polar surface area (TPSA) is 110 Å². The fraction of sp³-hybridized carbons (Fsp3) is 0.235. The molecular formula is C17H15N5O. The van der Waals surface area contributed by atoms with Crippen LogP contribution in [-0.2, 0) is 4.74 Å². The number of morpholine rings is 1. The average Bonchev–Trinajstić information content (AvgIpc) is 2.62. The molecule has 1 heterocycles. The van der Waals surface area contributed by atoms with Crippen molar-refractivity contribution in [2.75, 3.05) is 31.2 Å². The Labute approximate surface area is 134 Å². The molecule has 2 N–H and O–H groups in total. The summed E-state index contributed by atoms with van der Waals surface area (Å²) in [5.74, 6) is 0. The average molecular weight is 305 g/mol. The zero-order chi connectivity index (χ0) is 16.7. The third-order valence-corrected chi connectivity index (χ3v) is 3.48. The normalized spacial score (nSPS) is 14.3. The van der Waals surface area contributed by atoms with Crippen molar-refractivity contribution >= 4 is 11.8 Å². The summed E-state index contributed by atoms with van der Waals surface area (Å²) >= 11 is 0. The Hall–Kier alpha value is -3.27. The van der Waals surface area contributed by atoms with Crippen LogP contribution in [0.2, 0.25) is 0 Å². The zero-order valence-corrected chi connectivity index (χ0v) is 12.5. The molecule has 114 valence electrons. The molecule has 1 aromatic rings. The van der Waals surface area contributed by atoms with Crippen molar-refractivity contribution in [1.29, 1.82) is 15.8 Å². The second-order valence-electron chi connectivity index (χ2n) is 4.87. The largest absolute Gasteiger partial charge is 0.396 e. The van der Waals surface area contributed by atoms with E-state index in [1.165, 1.54) is 0 Å². The summed E-state index contributed by atoms with van der Waals surface area (Å²) < 4.78 is 5.32. The number of anilines is 1. The van der Waals surface area contributed by atoms with Crippen molar-refractivity contribution in [2.45, 2.75) is 0 Å². The lowest BCUT2D eigenvalue weighted by atomic mass is 10.1. The molecule has 0 radical (unpaired) electrons. The van der Waals surface area contributed by atoms with Crippen molar-refractivity contribution in [3.63, 3.8) is 0 Å². The highest BCUT2D eigenvalue weighted by atomic mass is 16.5. The van der Waals surface area contributed by atoms with Gasteiger partial charge >= 0.3 is 0 Å². The number of rotatable bonds is 3. The Morgan fingerprint density at radius 2 is 1.65 bits per heavy atom. The minimum absolute atomic E-state index is 0.0993. The van der Waals surface area contributed by atoms with Gasteiger partial charge in [0.15, 0.2) is 5.57 Å². The molecule has 1 fully saturated rings. The van der Waals surface area contributed by atoms with Crippen LogP contribution in [0.1, 0.15) is 5.56 Å². The molecule has 0 aromatic heterocycles. The molecule has 0 saturated carbocycles. The molecule has 0 spiro atoms. The zero-order valence-electron chi connectivity index (χ0n) is 12.5. The first-order chi connectivity index (χ1) is 11.2. The van der Waals surface area contributed by atoms with Crippen LogP contribution in [0.5, 0.6) is 0 Å². The van der Waals surface area contributed by atoms with Crippen molar-refractivity contribution in [3.05, 3.63) is 46.7 Å². The molecule has 1 aliphatic heterocycles. The number of nitrogens with zero attached hydrogens (tertiary/aromatic N) is 4. The molecule has 1 aliphatic rings. The number of nitriles is 3. The third-order valence-electron chi connectivity index (χ3n) is 3.48.